The van der Waals surface area contributed by atoms with E-state index < -0.39 is 11.8 Å². The Hall–Kier alpha value is -1.95. The van der Waals surface area contributed by atoms with E-state index >= 15 is 0 Å². The molecule has 0 spiro atoms. The second-order valence-electron chi connectivity index (χ2n) is 5.49. The Balaban J connectivity index is 1.82. The first-order chi connectivity index (χ1) is 10.1. The molecule has 0 aromatic carbocycles. The van der Waals surface area contributed by atoms with Gasteiger partial charge in [-0.1, -0.05) is 0 Å². The molecule has 6 nitrogen and oxygen atoms in total. The largest absolute Gasteiger partial charge is 0.344 e. The lowest BCUT2D eigenvalue weighted by Crippen LogP contribution is -2.49. The van der Waals surface area contributed by atoms with Gasteiger partial charge in [-0.05, 0) is 50.7 Å². The van der Waals surface area contributed by atoms with Gasteiger partial charge in [0.2, 0.25) is 0 Å². The molecule has 6 heteroatoms. The maximum Gasteiger partial charge on any atom is 0.311 e. The van der Waals surface area contributed by atoms with Crippen molar-refractivity contribution >= 4 is 11.8 Å². The quantitative estimate of drug-likeness (QED) is 0.811. The summed E-state index contributed by atoms with van der Waals surface area (Å²) in [5, 5.41) is 2.66. The summed E-state index contributed by atoms with van der Waals surface area (Å²) in [6, 6.07) is 3.78. The predicted octanol–water partition coefficient (Wildman–Crippen LogP) is 0.250. The van der Waals surface area contributed by atoms with Gasteiger partial charge in [-0.25, -0.2) is 0 Å². The van der Waals surface area contributed by atoms with Crippen LogP contribution < -0.4 is 5.32 Å². The standard InChI is InChI=1S/C15H22N4O2/c1-18-9-5-13(6-10-18)19(2)15(21)14(20)17-11-12-3-7-16-8-4-12/h3-4,7-8,13H,5-6,9-11H2,1-2H3,(H,17,20). The lowest BCUT2D eigenvalue weighted by Gasteiger charge is -2.34. The molecule has 1 aliphatic heterocycles. The Morgan fingerprint density at radius 2 is 1.95 bits per heavy atom. The molecule has 0 unspecified atom stereocenters. The summed E-state index contributed by atoms with van der Waals surface area (Å²) in [6.07, 6.45) is 5.15. The smallest absolute Gasteiger partial charge is 0.311 e. The number of hydrogen-bond acceptors (Lipinski definition) is 4. The molecule has 1 aliphatic rings. The number of piperidine rings is 1. The van der Waals surface area contributed by atoms with E-state index in [2.05, 4.69) is 22.2 Å². The number of pyridine rings is 1. The van der Waals surface area contributed by atoms with Crippen LogP contribution in [0.1, 0.15) is 18.4 Å². The van der Waals surface area contributed by atoms with Gasteiger partial charge in [0.1, 0.15) is 0 Å². The average Bonchev–Trinajstić information content (AvgIpc) is 2.53. The summed E-state index contributed by atoms with van der Waals surface area (Å²) in [5.74, 6) is -1.01. The van der Waals surface area contributed by atoms with Crippen molar-refractivity contribution in [1.82, 2.24) is 20.1 Å². The van der Waals surface area contributed by atoms with Gasteiger partial charge in [-0.2, -0.15) is 0 Å². The van der Waals surface area contributed by atoms with Crippen molar-refractivity contribution in [1.29, 1.82) is 0 Å². The number of amides is 2. The van der Waals surface area contributed by atoms with Crippen LogP contribution in [-0.2, 0) is 16.1 Å². The van der Waals surface area contributed by atoms with Gasteiger partial charge in [0, 0.05) is 32.0 Å². The highest BCUT2D eigenvalue weighted by Crippen LogP contribution is 2.14. The lowest BCUT2D eigenvalue weighted by atomic mass is 10.0. The van der Waals surface area contributed by atoms with Crippen LogP contribution in [0.5, 0.6) is 0 Å². The van der Waals surface area contributed by atoms with Crippen molar-refractivity contribution in [3.8, 4) is 0 Å². The first-order valence-electron chi connectivity index (χ1n) is 7.20. The zero-order valence-corrected chi connectivity index (χ0v) is 12.6. The second kappa shape index (κ2) is 7.17. The SMILES string of the molecule is CN1CCC(N(C)C(=O)C(=O)NCc2ccncc2)CC1. The first kappa shape index (κ1) is 15.4. The van der Waals surface area contributed by atoms with Gasteiger partial charge >= 0.3 is 11.8 Å². The van der Waals surface area contributed by atoms with E-state index in [4.69, 9.17) is 0 Å². The average molecular weight is 290 g/mol. The molecular weight excluding hydrogens is 268 g/mol. The minimum absolute atomic E-state index is 0.153. The highest BCUT2D eigenvalue weighted by molar-refractivity contribution is 6.34. The van der Waals surface area contributed by atoms with Gasteiger partial charge < -0.3 is 15.1 Å². The zero-order chi connectivity index (χ0) is 15.2. The molecule has 1 N–H and O–H groups in total. The normalized spacial score (nSPS) is 16.5. The molecule has 21 heavy (non-hydrogen) atoms. The van der Waals surface area contributed by atoms with E-state index in [1.54, 1.807) is 24.3 Å². The van der Waals surface area contributed by atoms with Gasteiger partial charge in [-0.3, -0.25) is 14.6 Å². The van der Waals surface area contributed by atoms with Crippen LogP contribution in [0.15, 0.2) is 24.5 Å². The predicted molar refractivity (Wildman–Crippen MR) is 79.4 cm³/mol. The summed E-state index contributed by atoms with van der Waals surface area (Å²) < 4.78 is 0. The molecule has 1 aromatic rings. The molecule has 1 saturated heterocycles. The summed E-state index contributed by atoms with van der Waals surface area (Å²) in [7, 11) is 3.78. The van der Waals surface area contributed by atoms with Gasteiger partial charge in [-0.15, -0.1) is 0 Å². The number of aromatic nitrogens is 1. The second-order valence-corrected chi connectivity index (χ2v) is 5.49. The molecule has 1 aromatic heterocycles. The van der Waals surface area contributed by atoms with E-state index in [1.165, 1.54) is 0 Å². The third kappa shape index (κ3) is 4.26. The highest BCUT2D eigenvalue weighted by Gasteiger charge is 2.27. The Morgan fingerprint density at radius 1 is 1.33 bits per heavy atom. The van der Waals surface area contributed by atoms with Gasteiger partial charge in [0.05, 0.1) is 0 Å². The minimum Gasteiger partial charge on any atom is -0.344 e. The molecule has 2 amide bonds. The highest BCUT2D eigenvalue weighted by atomic mass is 16.2. The van der Waals surface area contributed by atoms with E-state index in [0.717, 1.165) is 31.5 Å². The maximum atomic E-state index is 12.1. The number of hydrogen-bond donors (Lipinski definition) is 1. The number of rotatable bonds is 3. The Morgan fingerprint density at radius 3 is 2.57 bits per heavy atom. The summed E-state index contributed by atoms with van der Waals surface area (Å²) in [5.41, 5.74) is 0.924. The molecule has 0 saturated carbocycles. The number of nitrogens with zero attached hydrogens (tertiary/aromatic N) is 3. The van der Waals surface area contributed by atoms with Crippen LogP contribution in [0.4, 0.5) is 0 Å². The Bertz CT molecular complexity index is 484. The van der Waals surface area contributed by atoms with Gasteiger partial charge in [0.15, 0.2) is 0 Å². The number of carbonyl (C=O) groups is 2. The van der Waals surface area contributed by atoms with Crippen molar-refractivity contribution in [3.05, 3.63) is 30.1 Å². The molecule has 2 heterocycles. The molecule has 1 fully saturated rings. The monoisotopic (exact) mass is 290 g/mol. The molecule has 0 radical (unpaired) electrons. The van der Waals surface area contributed by atoms with Crippen molar-refractivity contribution in [2.45, 2.75) is 25.4 Å². The zero-order valence-electron chi connectivity index (χ0n) is 12.6. The fourth-order valence-corrected chi connectivity index (χ4v) is 2.47. The Kier molecular flexibility index (Phi) is 5.27. The third-order valence-corrected chi connectivity index (χ3v) is 3.95. The van der Waals surface area contributed by atoms with E-state index in [1.807, 2.05) is 12.1 Å². The number of nitrogens with one attached hydrogen (secondary N) is 1. The summed E-state index contributed by atoms with van der Waals surface area (Å²) in [4.78, 5) is 31.8. The topological polar surface area (TPSA) is 65.5 Å². The molecule has 0 bridgehead atoms. The Labute approximate surface area is 125 Å². The van der Waals surface area contributed by atoms with E-state index in [-0.39, 0.29) is 6.04 Å². The molecule has 114 valence electrons. The number of likely N-dealkylation sites (N-methyl/N-ethyl adjacent to an activating group) is 1. The van der Waals surface area contributed by atoms with Crippen molar-refractivity contribution in [3.63, 3.8) is 0 Å². The van der Waals surface area contributed by atoms with Crippen molar-refractivity contribution in [2.24, 2.45) is 0 Å². The molecule has 0 aliphatic carbocycles. The number of likely N-dealkylation sites (tertiary alicyclic amines) is 1. The van der Waals surface area contributed by atoms with Crippen molar-refractivity contribution in [2.75, 3.05) is 27.2 Å². The van der Waals surface area contributed by atoms with Crippen LogP contribution in [0, 0.1) is 0 Å². The number of carbonyl (C=O) groups excluding carboxylic acids is 2. The molecule has 0 atom stereocenters. The lowest BCUT2D eigenvalue weighted by molar-refractivity contribution is -0.147. The van der Waals surface area contributed by atoms with Crippen molar-refractivity contribution < 1.29 is 9.59 Å². The fraction of sp³-hybridized carbons (Fsp3) is 0.533. The van der Waals surface area contributed by atoms with Crippen LogP contribution in [0.3, 0.4) is 0 Å². The summed E-state index contributed by atoms with van der Waals surface area (Å²) >= 11 is 0. The van der Waals surface area contributed by atoms with E-state index in [9.17, 15) is 9.59 Å². The maximum absolute atomic E-state index is 12.1. The van der Waals surface area contributed by atoms with Crippen LogP contribution in [0.2, 0.25) is 0 Å². The fourth-order valence-electron chi connectivity index (χ4n) is 2.47. The summed E-state index contributed by atoms with van der Waals surface area (Å²) in [6.45, 7) is 2.26. The van der Waals surface area contributed by atoms with Gasteiger partial charge in [0.25, 0.3) is 0 Å². The molecular formula is C15H22N4O2. The van der Waals surface area contributed by atoms with E-state index in [0.29, 0.717) is 6.54 Å². The van der Waals surface area contributed by atoms with Crippen LogP contribution >= 0.6 is 0 Å². The van der Waals surface area contributed by atoms with Crippen LogP contribution in [0.25, 0.3) is 0 Å². The first-order valence-corrected chi connectivity index (χ1v) is 7.20. The van der Waals surface area contributed by atoms with Crippen LogP contribution in [-0.4, -0.2) is 59.8 Å². The third-order valence-electron chi connectivity index (χ3n) is 3.95. The molecule has 2 rings (SSSR count). The minimum atomic E-state index is -0.548.